The lowest BCUT2D eigenvalue weighted by Gasteiger charge is -2.33. The number of hydrogen-bond acceptors (Lipinski definition) is 5. The first-order valence-corrected chi connectivity index (χ1v) is 10.6. The average Bonchev–Trinajstić information content (AvgIpc) is 3.06. The highest BCUT2D eigenvalue weighted by molar-refractivity contribution is 7.09. The van der Waals surface area contributed by atoms with Crippen molar-refractivity contribution in [1.29, 1.82) is 0 Å². The first kappa shape index (κ1) is 20.6. The van der Waals surface area contributed by atoms with Gasteiger partial charge in [0, 0.05) is 37.5 Å². The van der Waals surface area contributed by atoms with Crippen molar-refractivity contribution in [1.82, 2.24) is 15.2 Å². The van der Waals surface area contributed by atoms with Crippen molar-refractivity contribution in [2.45, 2.75) is 32.4 Å². The van der Waals surface area contributed by atoms with E-state index >= 15 is 0 Å². The molecule has 0 unspecified atom stereocenters. The predicted octanol–water partition coefficient (Wildman–Crippen LogP) is 3.71. The second-order valence-corrected chi connectivity index (χ2v) is 8.40. The van der Waals surface area contributed by atoms with Crippen LogP contribution in [0.5, 0.6) is 0 Å². The van der Waals surface area contributed by atoms with E-state index in [4.69, 9.17) is 27.9 Å². The van der Waals surface area contributed by atoms with E-state index in [0.717, 1.165) is 37.3 Å². The quantitative estimate of drug-likeness (QED) is 0.731. The largest absolute Gasteiger partial charge is 0.374 e. The smallest absolute Gasteiger partial charge is 0.220 e. The summed E-state index contributed by atoms with van der Waals surface area (Å²) in [6, 6.07) is 5.71. The van der Waals surface area contributed by atoms with Gasteiger partial charge in [0.25, 0.3) is 0 Å². The minimum absolute atomic E-state index is 0.00406. The van der Waals surface area contributed by atoms with Crippen molar-refractivity contribution in [3.8, 4) is 0 Å². The number of carbonyl (C=O) groups excluding carboxylic acids is 1. The van der Waals surface area contributed by atoms with Gasteiger partial charge in [-0.05, 0) is 31.0 Å². The molecular weight excluding hydrogens is 405 g/mol. The molecule has 1 atom stereocenters. The zero-order chi connectivity index (χ0) is 19.2. The Morgan fingerprint density at radius 2 is 2.26 bits per heavy atom. The van der Waals surface area contributed by atoms with E-state index in [2.05, 4.69) is 15.2 Å². The van der Waals surface area contributed by atoms with Crippen LogP contribution in [-0.2, 0) is 22.5 Å². The lowest BCUT2D eigenvalue weighted by atomic mass is 10.2. The van der Waals surface area contributed by atoms with Crippen LogP contribution in [0.2, 0.25) is 10.0 Å². The number of amides is 1. The Kier molecular flexibility index (Phi) is 7.49. The van der Waals surface area contributed by atoms with Gasteiger partial charge in [0.1, 0.15) is 0 Å². The van der Waals surface area contributed by atoms with E-state index < -0.39 is 0 Å². The lowest BCUT2D eigenvalue weighted by molar-refractivity contribution is -0.122. The molecule has 1 aromatic carbocycles. The first-order valence-electron chi connectivity index (χ1n) is 8.95. The molecule has 1 amide bonds. The molecule has 1 fully saturated rings. The molecule has 27 heavy (non-hydrogen) atoms. The number of halogens is 2. The summed E-state index contributed by atoms with van der Waals surface area (Å²) in [5.74, 6) is 0.0491. The monoisotopic (exact) mass is 427 g/mol. The van der Waals surface area contributed by atoms with Gasteiger partial charge >= 0.3 is 0 Å². The Morgan fingerprint density at radius 3 is 3.00 bits per heavy atom. The van der Waals surface area contributed by atoms with E-state index in [1.807, 2.05) is 30.6 Å². The normalized spacial score (nSPS) is 17.8. The Morgan fingerprint density at radius 1 is 1.41 bits per heavy atom. The molecule has 1 saturated heterocycles. The number of carbonyl (C=O) groups is 1. The number of rotatable bonds is 7. The fourth-order valence-corrected chi connectivity index (χ4v) is 4.15. The van der Waals surface area contributed by atoms with Gasteiger partial charge in [-0.2, -0.15) is 0 Å². The number of nitrogens with one attached hydrogen (secondary N) is 1. The summed E-state index contributed by atoms with van der Waals surface area (Å²) in [7, 11) is 0. The van der Waals surface area contributed by atoms with Crippen molar-refractivity contribution in [3.05, 3.63) is 49.9 Å². The maximum Gasteiger partial charge on any atom is 0.220 e. The Labute approximate surface area is 173 Å². The zero-order valence-corrected chi connectivity index (χ0v) is 17.5. The summed E-state index contributed by atoms with van der Waals surface area (Å²) in [5.41, 5.74) is 3.95. The maximum atomic E-state index is 12.1. The number of ether oxygens (including phenoxy) is 1. The van der Waals surface area contributed by atoms with Crippen LogP contribution in [-0.4, -0.2) is 48.1 Å². The highest BCUT2D eigenvalue weighted by Crippen LogP contribution is 2.23. The van der Waals surface area contributed by atoms with E-state index in [0.29, 0.717) is 29.6 Å². The molecule has 2 heterocycles. The summed E-state index contributed by atoms with van der Waals surface area (Å²) < 4.78 is 5.80. The fourth-order valence-electron chi connectivity index (χ4n) is 3.05. The molecule has 1 aliphatic heterocycles. The van der Waals surface area contributed by atoms with Crippen molar-refractivity contribution < 1.29 is 9.53 Å². The number of hydrogen-bond donors (Lipinski definition) is 1. The predicted molar refractivity (Wildman–Crippen MR) is 110 cm³/mol. The molecule has 0 radical (unpaired) electrons. The summed E-state index contributed by atoms with van der Waals surface area (Å²) in [6.45, 7) is 5.57. The van der Waals surface area contributed by atoms with Crippen LogP contribution in [0.3, 0.4) is 0 Å². The second kappa shape index (κ2) is 9.85. The molecule has 0 aliphatic carbocycles. The standard InChI is InChI=1S/C19H23Cl2N3O2S/c1-13-18(27-12-23-13)4-5-19(25)22-9-15-11-24(6-7-26-15)10-14-2-3-16(20)17(21)8-14/h2-3,8,12,15H,4-7,9-11H2,1H3,(H,22,25)/t15-/m0/s1. The van der Waals surface area contributed by atoms with Gasteiger partial charge in [-0.3, -0.25) is 9.69 Å². The van der Waals surface area contributed by atoms with Gasteiger partial charge in [-0.25, -0.2) is 4.98 Å². The van der Waals surface area contributed by atoms with E-state index in [9.17, 15) is 4.79 Å². The number of benzene rings is 1. The number of aromatic nitrogens is 1. The molecule has 0 spiro atoms. The van der Waals surface area contributed by atoms with Gasteiger partial charge in [0.15, 0.2) is 0 Å². The summed E-state index contributed by atoms with van der Waals surface area (Å²) in [5, 5.41) is 4.13. The first-order chi connectivity index (χ1) is 13.0. The second-order valence-electron chi connectivity index (χ2n) is 6.64. The molecule has 146 valence electrons. The molecule has 2 aromatic rings. The highest BCUT2D eigenvalue weighted by atomic mass is 35.5. The van der Waals surface area contributed by atoms with Crippen molar-refractivity contribution in [3.63, 3.8) is 0 Å². The van der Waals surface area contributed by atoms with Crippen molar-refractivity contribution in [2.24, 2.45) is 0 Å². The molecule has 1 aliphatic rings. The number of morpholine rings is 1. The number of aryl methyl sites for hydroxylation is 2. The minimum Gasteiger partial charge on any atom is -0.374 e. The van der Waals surface area contributed by atoms with Gasteiger partial charge < -0.3 is 10.1 Å². The van der Waals surface area contributed by atoms with Gasteiger partial charge in [0.2, 0.25) is 5.91 Å². The Hall–Kier alpha value is -1.18. The molecule has 0 bridgehead atoms. The maximum absolute atomic E-state index is 12.1. The van der Waals surface area contributed by atoms with Crippen LogP contribution < -0.4 is 5.32 Å². The van der Waals surface area contributed by atoms with Crippen molar-refractivity contribution in [2.75, 3.05) is 26.2 Å². The summed E-state index contributed by atoms with van der Waals surface area (Å²) in [4.78, 5) is 19.8. The van der Waals surface area contributed by atoms with Crippen LogP contribution >= 0.6 is 34.5 Å². The average molecular weight is 428 g/mol. The van der Waals surface area contributed by atoms with Crippen LogP contribution in [0, 0.1) is 6.92 Å². The molecule has 0 saturated carbocycles. The fraction of sp³-hybridized carbons (Fsp3) is 0.474. The molecular formula is C19H23Cl2N3O2S. The van der Waals surface area contributed by atoms with Crippen LogP contribution in [0.4, 0.5) is 0 Å². The van der Waals surface area contributed by atoms with E-state index in [1.54, 1.807) is 11.3 Å². The van der Waals surface area contributed by atoms with Crippen LogP contribution in [0.1, 0.15) is 22.6 Å². The minimum atomic E-state index is -0.00406. The third-order valence-electron chi connectivity index (χ3n) is 4.56. The SMILES string of the molecule is Cc1ncsc1CCC(=O)NC[C@H]1CN(Cc2ccc(Cl)c(Cl)c2)CCO1. The van der Waals surface area contributed by atoms with E-state index in [1.165, 1.54) is 4.88 Å². The van der Waals surface area contributed by atoms with Crippen molar-refractivity contribution >= 4 is 40.4 Å². The zero-order valence-electron chi connectivity index (χ0n) is 15.2. The van der Waals surface area contributed by atoms with Crippen LogP contribution in [0.25, 0.3) is 0 Å². The third-order valence-corrected chi connectivity index (χ3v) is 6.30. The lowest BCUT2D eigenvalue weighted by Crippen LogP contribution is -2.47. The topological polar surface area (TPSA) is 54.5 Å². The summed E-state index contributed by atoms with van der Waals surface area (Å²) >= 11 is 13.7. The summed E-state index contributed by atoms with van der Waals surface area (Å²) in [6.07, 6.45) is 1.20. The molecule has 3 rings (SSSR count). The number of thiazole rings is 1. The van der Waals surface area contributed by atoms with E-state index in [-0.39, 0.29) is 12.0 Å². The third kappa shape index (κ3) is 6.16. The molecule has 5 nitrogen and oxygen atoms in total. The van der Waals surface area contributed by atoms with Gasteiger partial charge in [-0.1, -0.05) is 29.3 Å². The Balaban J connectivity index is 1.42. The van der Waals surface area contributed by atoms with Gasteiger partial charge in [0.05, 0.1) is 34.0 Å². The molecule has 1 N–H and O–H groups in total. The molecule has 8 heteroatoms. The highest BCUT2D eigenvalue weighted by Gasteiger charge is 2.21. The van der Waals surface area contributed by atoms with Gasteiger partial charge in [-0.15, -0.1) is 11.3 Å². The van der Waals surface area contributed by atoms with Crippen LogP contribution in [0.15, 0.2) is 23.7 Å². The molecule has 1 aromatic heterocycles. The number of nitrogens with zero attached hydrogens (tertiary/aromatic N) is 2. The Bertz CT molecular complexity index is 784.